The molecule has 0 fully saturated rings. The number of nitrogens with zero attached hydrogens (tertiary/aromatic N) is 2. The maximum atomic E-state index is 6.07. The minimum absolute atomic E-state index is 0.224. The van der Waals surface area contributed by atoms with Crippen LogP contribution >= 0.6 is 0 Å². The lowest BCUT2D eigenvalue weighted by Gasteiger charge is -2.25. The molecule has 0 radical (unpaired) electrons. The molecule has 1 aromatic carbocycles. The normalized spacial score (nSPS) is 22.1. The maximum Gasteiger partial charge on any atom is 0.128 e. The van der Waals surface area contributed by atoms with Crippen molar-refractivity contribution in [2.75, 3.05) is 7.11 Å². The summed E-state index contributed by atoms with van der Waals surface area (Å²) in [7, 11) is 1.69. The average molecular weight is 257 g/mol. The van der Waals surface area contributed by atoms with Crippen LogP contribution in [0, 0.1) is 0 Å². The topological polar surface area (TPSA) is 53.1 Å². The largest absolute Gasteiger partial charge is 0.496 e. The van der Waals surface area contributed by atoms with Crippen molar-refractivity contribution in [3.8, 4) is 17.0 Å². The Hall–Kier alpha value is -1.81. The van der Waals surface area contributed by atoms with Crippen LogP contribution in [0.2, 0.25) is 0 Å². The van der Waals surface area contributed by atoms with Gasteiger partial charge in [0.25, 0.3) is 0 Å². The van der Waals surface area contributed by atoms with Crippen LogP contribution in [0.5, 0.6) is 5.75 Å². The van der Waals surface area contributed by atoms with Crippen molar-refractivity contribution in [1.29, 1.82) is 0 Å². The lowest BCUT2D eigenvalue weighted by Crippen LogP contribution is -2.33. The molecule has 2 heterocycles. The molecule has 2 N–H and O–H groups in total. The van der Waals surface area contributed by atoms with Crippen LogP contribution in [0.25, 0.3) is 11.3 Å². The van der Waals surface area contributed by atoms with Crippen molar-refractivity contribution < 1.29 is 4.74 Å². The summed E-state index contributed by atoms with van der Waals surface area (Å²) < 4.78 is 7.59. The average Bonchev–Trinajstić information content (AvgIpc) is 2.82. The fraction of sp³-hybridized carbons (Fsp3) is 0.400. The molecule has 2 unspecified atom stereocenters. The third-order valence-electron chi connectivity index (χ3n) is 3.72. The van der Waals surface area contributed by atoms with E-state index in [1.54, 1.807) is 7.11 Å². The Kier molecular flexibility index (Phi) is 3.03. The number of hydrogen-bond acceptors (Lipinski definition) is 3. The molecule has 0 aliphatic carbocycles. The predicted molar refractivity (Wildman–Crippen MR) is 75.2 cm³/mol. The van der Waals surface area contributed by atoms with Crippen molar-refractivity contribution in [2.24, 2.45) is 5.73 Å². The summed E-state index contributed by atoms with van der Waals surface area (Å²) in [6.45, 7) is 3.03. The highest BCUT2D eigenvalue weighted by Gasteiger charge is 2.24. The summed E-state index contributed by atoms with van der Waals surface area (Å²) in [5.41, 5.74) is 8.07. The summed E-state index contributed by atoms with van der Waals surface area (Å²) in [6.07, 6.45) is 3.09. The van der Waals surface area contributed by atoms with Gasteiger partial charge in [0, 0.05) is 30.3 Å². The first-order chi connectivity index (χ1) is 9.19. The first kappa shape index (κ1) is 12.2. The van der Waals surface area contributed by atoms with E-state index in [2.05, 4.69) is 17.7 Å². The molecule has 0 bridgehead atoms. The van der Waals surface area contributed by atoms with Crippen molar-refractivity contribution >= 4 is 0 Å². The standard InChI is InChI=1S/C15H19N3O/c1-10-7-11(16)8-18-9-13(17-15(10)18)12-5-3-4-6-14(12)19-2/h3-6,9-11H,7-8,16H2,1-2H3. The first-order valence-electron chi connectivity index (χ1n) is 6.65. The molecule has 1 aliphatic heterocycles. The monoisotopic (exact) mass is 257 g/mol. The number of rotatable bonds is 2. The van der Waals surface area contributed by atoms with Crippen LogP contribution in [0.15, 0.2) is 30.5 Å². The number of ether oxygens (including phenoxy) is 1. The molecule has 1 aromatic heterocycles. The van der Waals surface area contributed by atoms with Gasteiger partial charge in [0.2, 0.25) is 0 Å². The molecule has 4 nitrogen and oxygen atoms in total. The highest BCUT2D eigenvalue weighted by atomic mass is 16.5. The minimum atomic E-state index is 0.224. The Bertz CT molecular complexity index is 591. The van der Waals surface area contributed by atoms with Gasteiger partial charge in [-0.25, -0.2) is 4.98 Å². The number of aromatic nitrogens is 2. The number of imidazole rings is 1. The summed E-state index contributed by atoms with van der Waals surface area (Å²) in [5, 5.41) is 0. The third kappa shape index (κ3) is 2.12. The second-order valence-corrected chi connectivity index (χ2v) is 5.23. The molecular formula is C15H19N3O. The maximum absolute atomic E-state index is 6.07. The van der Waals surface area contributed by atoms with Gasteiger partial charge in [-0.1, -0.05) is 19.1 Å². The van der Waals surface area contributed by atoms with Crippen LogP contribution in [0.4, 0.5) is 0 Å². The third-order valence-corrected chi connectivity index (χ3v) is 3.72. The van der Waals surface area contributed by atoms with E-state index in [0.717, 1.165) is 35.8 Å². The second-order valence-electron chi connectivity index (χ2n) is 5.23. The van der Waals surface area contributed by atoms with Gasteiger partial charge in [0.15, 0.2) is 0 Å². The number of para-hydroxylation sites is 1. The Morgan fingerprint density at radius 3 is 2.95 bits per heavy atom. The van der Waals surface area contributed by atoms with E-state index in [1.807, 2.05) is 24.3 Å². The van der Waals surface area contributed by atoms with E-state index in [4.69, 9.17) is 15.5 Å². The first-order valence-corrected chi connectivity index (χ1v) is 6.65. The van der Waals surface area contributed by atoms with Crippen LogP contribution in [-0.4, -0.2) is 22.7 Å². The van der Waals surface area contributed by atoms with E-state index < -0.39 is 0 Å². The zero-order chi connectivity index (χ0) is 13.4. The van der Waals surface area contributed by atoms with Crippen LogP contribution in [0.3, 0.4) is 0 Å². The Labute approximate surface area is 113 Å². The van der Waals surface area contributed by atoms with Gasteiger partial charge < -0.3 is 15.0 Å². The molecule has 19 heavy (non-hydrogen) atoms. The molecule has 0 spiro atoms. The van der Waals surface area contributed by atoms with E-state index in [0.29, 0.717) is 5.92 Å². The highest BCUT2D eigenvalue weighted by molar-refractivity contribution is 5.66. The lowest BCUT2D eigenvalue weighted by atomic mass is 9.98. The molecule has 0 amide bonds. The highest BCUT2D eigenvalue weighted by Crippen LogP contribution is 2.32. The molecule has 100 valence electrons. The molecule has 3 rings (SSSR count). The fourth-order valence-electron chi connectivity index (χ4n) is 2.84. The molecule has 0 saturated heterocycles. The van der Waals surface area contributed by atoms with Gasteiger partial charge in [0.1, 0.15) is 11.6 Å². The van der Waals surface area contributed by atoms with Gasteiger partial charge in [-0.05, 0) is 18.6 Å². The predicted octanol–water partition coefficient (Wildman–Crippen LogP) is 2.39. The Morgan fingerprint density at radius 2 is 2.16 bits per heavy atom. The van der Waals surface area contributed by atoms with Gasteiger partial charge in [-0.3, -0.25) is 0 Å². The SMILES string of the molecule is COc1ccccc1-c1cn2c(n1)C(C)CC(N)C2. The van der Waals surface area contributed by atoms with Crippen LogP contribution < -0.4 is 10.5 Å². The second kappa shape index (κ2) is 4.70. The zero-order valence-corrected chi connectivity index (χ0v) is 11.3. The number of fused-ring (bicyclic) bond motifs is 1. The molecular weight excluding hydrogens is 238 g/mol. The van der Waals surface area contributed by atoms with E-state index >= 15 is 0 Å². The molecule has 2 aromatic rings. The van der Waals surface area contributed by atoms with Crippen molar-refractivity contribution in [1.82, 2.24) is 9.55 Å². The number of benzene rings is 1. The zero-order valence-electron chi connectivity index (χ0n) is 11.3. The van der Waals surface area contributed by atoms with E-state index in [9.17, 15) is 0 Å². The number of nitrogens with two attached hydrogens (primary N) is 1. The van der Waals surface area contributed by atoms with E-state index in [-0.39, 0.29) is 6.04 Å². The quantitative estimate of drug-likeness (QED) is 0.898. The molecule has 1 aliphatic rings. The van der Waals surface area contributed by atoms with Crippen LogP contribution in [0.1, 0.15) is 25.1 Å². The number of methoxy groups -OCH3 is 1. The summed E-state index contributed by atoms with van der Waals surface area (Å²) >= 11 is 0. The smallest absolute Gasteiger partial charge is 0.128 e. The van der Waals surface area contributed by atoms with Crippen molar-refractivity contribution in [2.45, 2.75) is 31.8 Å². The van der Waals surface area contributed by atoms with Gasteiger partial charge in [-0.15, -0.1) is 0 Å². The molecule has 0 saturated carbocycles. The van der Waals surface area contributed by atoms with E-state index in [1.165, 1.54) is 0 Å². The number of hydrogen-bond donors (Lipinski definition) is 1. The Balaban J connectivity index is 2.06. The minimum Gasteiger partial charge on any atom is -0.496 e. The van der Waals surface area contributed by atoms with Crippen LogP contribution in [-0.2, 0) is 6.54 Å². The lowest BCUT2D eigenvalue weighted by molar-refractivity contribution is 0.407. The summed E-state index contributed by atoms with van der Waals surface area (Å²) in [4.78, 5) is 4.77. The molecule has 4 heteroatoms. The van der Waals surface area contributed by atoms with Gasteiger partial charge in [-0.2, -0.15) is 0 Å². The molecule has 2 atom stereocenters. The van der Waals surface area contributed by atoms with Gasteiger partial charge >= 0.3 is 0 Å². The van der Waals surface area contributed by atoms with Gasteiger partial charge in [0.05, 0.1) is 12.8 Å². The van der Waals surface area contributed by atoms with Crippen molar-refractivity contribution in [3.63, 3.8) is 0 Å². The Morgan fingerprint density at radius 1 is 1.37 bits per heavy atom. The summed E-state index contributed by atoms with van der Waals surface area (Å²) in [5.74, 6) is 2.39. The summed E-state index contributed by atoms with van der Waals surface area (Å²) in [6, 6.07) is 8.20. The van der Waals surface area contributed by atoms with Crippen molar-refractivity contribution in [3.05, 3.63) is 36.3 Å². The fourth-order valence-corrected chi connectivity index (χ4v) is 2.84.